The summed E-state index contributed by atoms with van der Waals surface area (Å²) in [4.78, 5) is 20.2. The molecule has 0 radical (unpaired) electrons. The molecule has 5 rings (SSSR count). The Bertz CT molecular complexity index is 1160. The highest BCUT2D eigenvalue weighted by molar-refractivity contribution is 6.30. The molecular formula is C27H29ClN2O3. The maximum atomic E-state index is 13.3. The summed E-state index contributed by atoms with van der Waals surface area (Å²) in [7, 11) is 1.66. The molecule has 1 fully saturated rings. The van der Waals surface area contributed by atoms with Gasteiger partial charge in [-0.2, -0.15) is 0 Å². The van der Waals surface area contributed by atoms with Crippen molar-refractivity contribution in [1.29, 1.82) is 0 Å². The summed E-state index contributed by atoms with van der Waals surface area (Å²) in [6, 6.07) is 14.5. The number of benzene rings is 2. The minimum absolute atomic E-state index is 0.0284. The van der Waals surface area contributed by atoms with Crippen molar-refractivity contribution >= 4 is 28.4 Å². The number of hydrogen-bond acceptors (Lipinski definition) is 4. The van der Waals surface area contributed by atoms with E-state index in [1.165, 1.54) is 17.5 Å². The Balaban J connectivity index is 1.57. The number of methoxy groups -OCH3 is 1. The molecule has 1 unspecified atom stereocenters. The molecule has 2 aliphatic rings. The van der Waals surface area contributed by atoms with Gasteiger partial charge >= 0.3 is 0 Å². The van der Waals surface area contributed by atoms with Crippen LogP contribution in [-0.4, -0.2) is 48.8 Å². The highest BCUT2D eigenvalue weighted by Gasteiger charge is 2.29. The Morgan fingerprint density at radius 1 is 1.15 bits per heavy atom. The maximum Gasteiger partial charge on any atom is 0.252 e. The predicted octanol–water partition coefficient (Wildman–Crippen LogP) is 5.20. The lowest BCUT2D eigenvalue weighted by molar-refractivity contribution is -0.142. The number of carbonyl (C=O) groups is 1. The maximum absolute atomic E-state index is 13.3. The first kappa shape index (κ1) is 22.3. The van der Waals surface area contributed by atoms with Crippen molar-refractivity contribution in [2.45, 2.75) is 44.8 Å². The van der Waals surface area contributed by atoms with Crippen LogP contribution in [0, 0.1) is 0 Å². The lowest BCUT2D eigenvalue weighted by Crippen LogP contribution is -2.40. The predicted molar refractivity (Wildman–Crippen MR) is 130 cm³/mol. The van der Waals surface area contributed by atoms with Crippen molar-refractivity contribution in [3.63, 3.8) is 0 Å². The molecule has 1 aromatic heterocycles. The summed E-state index contributed by atoms with van der Waals surface area (Å²) in [6.07, 6.45) is 4.77. The summed E-state index contributed by atoms with van der Waals surface area (Å²) < 4.78 is 11.0. The van der Waals surface area contributed by atoms with Gasteiger partial charge in [0.25, 0.3) is 5.91 Å². The largest absolute Gasteiger partial charge is 0.383 e. The van der Waals surface area contributed by atoms with Crippen molar-refractivity contribution in [2.75, 3.05) is 26.9 Å². The Labute approximate surface area is 199 Å². The first-order valence-corrected chi connectivity index (χ1v) is 12.1. The fourth-order valence-electron chi connectivity index (χ4n) is 4.92. The first-order valence-electron chi connectivity index (χ1n) is 11.7. The van der Waals surface area contributed by atoms with Crippen LogP contribution in [0.1, 0.15) is 36.0 Å². The van der Waals surface area contributed by atoms with Crippen LogP contribution in [0.3, 0.4) is 0 Å². The van der Waals surface area contributed by atoms with Crippen LogP contribution in [-0.2, 0) is 33.7 Å². The minimum atomic E-state index is -0.363. The number of aromatic nitrogens is 1. The van der Waals surface area contributed by atoms with Gasteiger partial charge in [-0.25, -0.2) is 4.98 Å². The number of aryl methyl sites for hydroxylation is 2. The smallest absolute Gasteiger partial charge is 0.252 e. The summed E-state index contributed by atoms with van der Waals surface area (Å²) >= 11 is 6.15. The molecule has 1 amide bonds. The molecule has 1 saturated heterocycles. The number of pyridine rings is 1. The number of nitrogens with zero attached hydrogens (tertiary/aromatic N) is 2. The van der Waals surface area contributed by atoms with E-state index in [0.29, 0.717) is 31.3 Å². The molecule has 33 heavy (non-hydrogen) atoms. The lowest BCUT2D eigenvalue weighted by atomic mass is 10.00. The van der Waals surface area contributed by atoms with Gasteiger partial charge in [-0.05, 0) is 79.1 Å². The third-order valence-electron chi connectivity index (χ3n) is 6.67. The van der Waals surface area contributed by atoms with Crippen LogP contribution < -0.4 is 0 Å². The summed E-state index contributed by atoms with van der Waals surface area (Å²) in [6.45, 7) is 2.09. The average molecular weight is 465 g/mol. The second kappa shape index (κ2) is 9.80. The monoisotopic (exact) mass is 464 g/mol. The molecule has 0 N–H and O–H groups in total. The van der Waals surface area contributed by atoms with Crippen LogP contribution in [0.15, 0.2) is 42.5 Å². The van der Waals surface area contributed by atoms with Gasteiger partial charge in [0, 0.05) is 42.8 Å². The van der Waals surface area contributed by atoms with Gasteiger partial charge in [-0.3, -0.25) is 4.79 Å². The van der Waals surface area contributed by atoms with E-state index in [1.807, 2.05) is 29.2 Å². The Hall–Kier alpha value is -2.47. The molecule has 1 aliphatic heterocycles. The van der Waals surface area contributed by atoms with Gasteiger partial charge in [-0.15, -0.1) is 0 Å². The summed E-state index contributed by atoms with van der Waals surface area (Å²) in [5.41, 5.74) is 6.72. The quantitative estimate of drug-likeness (QED) is 0.482. The molecule has 2 heterocycles. The normalized spacial score (nSPS) is 17.5. The zero-order valence-electron chi connectivity index (χ0n) is 19.0. The van der Waals surface area contributed by atoms with E-state index in [9.17, 15) is 4.79 Å². The second-order valence-corrected chi connectivity index (χ2v) is 9.36. The lowest BCUT2D eigenvalue weighted by Gasteiger charge is -2.26. The number of amides is 1. The topological polar surface area (TPSA) is 51.7 Å². The summed E-state index contributed by atoms with van der Waals surface area (Å²) in [5.74, 6) is 0.0284. The van der Waals surface area contributed by atoms with Crippen molar-refractivity contribution in [2.24, 2.45) is 0 Å². The van der Waals surface area contributed by atoms with Crippen LogP contribution in [0.5, 0.6) is 0 Å². The van der Waals surface area contributed by atoms with E-state index < -0.39 is 0 Å². The van der Waals surface area contributed by atoms with Gasteiger partial charge in [-0.1, -0.05) is 23.7 Å². The van der Waals surface area contributed by atoms with Gasteiger partial charge in [0.05, 0.1) is 17.8 Å². The Kier molecular flexibility index (Phi) is 6.63. The number of rotatable bonds is 7. The highest BCUT2D eigenvalue weighted by Crippen LogP contribution is 2.32. The molecule has 0 bridgehead atoms. The van der Waals surface area contributed by atoms with Gasteiger partial charge in [0.15, 0.2) is 0 Å². The Morgan fingerprint density at radius 2 is 1.94 bits per heavy atom. The molecule has 0 saturated carbocycles. The minimum Gasteiger partial charge on any atom is -0.383 e. The SMILES string of the molecule is COCCN(Cc1cc2cc3c(cc2nc1-c1ccc(Cl)cc1)CCC3)C(=O)C1CCCO1. The van der Waals surface area contributed by atoms with Gasteiger partial charge < -0.3 is 14.4 Å². The van der Waals surface area contributed by atoms with Gasteiger partial charge in [0.1, 0.15) is 6.10 Å². The van der Waals surface area contributed by atoms with Gasteiger partial charge in [0.2, 0.25) is 0 Å². The van der Waals surface area contributed by atoms with E-state index in [2.05, 4.69) is 18.2 Å². The number of ether oxygens (including phenoxy) is 2. The standard InChI is InChI=1S/C27H29ClN2O3/c1-32-13-11-30(27(31)25-6-3-12-33-25)17-22-15-21-14-19-4-2-5-20(19)16-24(21)29-26(22)18-7-9-23(28)10-8-18/h7-10,14-16,25H,2-6,11-13,17H2,1H3. The molecule has 1 aliphatic carbocycles. The molecule has 3 aromatic rings. The fourth-order valence-corrected chi connectivity index (χ4v) is 5.05. The van der Waals surface area contributed by atoms with Crippen LogP contribution in [0.2, 0.25) is 5.02 Å². The second-order valence-electron chi connectivity index (χ2n) is 8.92. The number of fused-ring (bicyclic) bond motifs is 2. The van der Waals surface area contributed by atoms with Crippen molar-refractivity contribution < 1.29 is 14.3 Å². The van der Waals surface area contributed by atoms with E-state index in [1.54, 1.807) is 7.11 Å². The molecule has 1 atom stereocenters. The number of carbonyl (C=O) groups excluding carboxylic acids is 1. The summed E-state index contributed by atoms with van der Waals surface area (Å²) in [5, 5.41) is 1.81. The van der Waals surface area contributed by atoms with E-state index in [4.69, 9.17) is 26.1 Å². The van der Waals surface area contributed by atoms with E-state index in [0.717, 1.165) is 53.4 Å². The average Bonchev–Trinajstić information content (AvgIpc) is 3.52. The molecule has 0 spiro atoms. The molecule has 2 aromatic carbocycles. The van der Waals surface area contributed by atoms with Crippen LogP contribution in [0.4, 0.5) is 0 Å². The molecular weight excluding hydrogens is 436 g/mol. The third kappa shape index (κ3) is 4.77. The van der Waals surface area contributed by atoms with Crippen molar-refractivity contribution in [3.05, 3.63) is 64.2 Å². The highest BCUT2D eigenvalue weighted by atomic mass is 35.5. The first-order chi connectivity index (χ1) is 16.1. The van der Waals surface area contributed by atoms with Crippen LogP contribution >= 0.6 is 11.6 Å². The Morgan fingerprint density at radius 3 is 2.67 bits per heavy atom. The van der Waals surface area contributed by atoms with Crippen LogP contribution in [0.25, 0.3) is 22.2 Å². The number of halogens is 1. The zero-order valence-corrected chi connectivity index (χ0v) is 19.7. The van der Waals surface area contributed by atoms with E-state index in [-0.39, 0.29) is 12.0 Å². The van der Waals surface area contributed by atoms with E-state index >= 15 is 0 Å². The number of hydrogen-bond donors (Lipinski definition) is 0. The fraction of sp³-hybridized carbons (Fsp3) is 0.407. The molecule has 172 valence electrons. The zero-order chi connectivity index (χ0) is 22.8. The van der Waals surface area contributed by atoms with Crippen molar-refractivity contribution in [3.8, 4) is 11.3 Å². The molecule has 6 heteroatoms. The van der Waals surface area contributed by atoms with Crippen molar-refractivity contribution in [1.82, 2.24) is 9.88 Å². The molecule has 5 nitrogen and oxygen atoms in total. The third-order valence-corrected chi connectivity index (χ3v) is 6.92.